The number of benzene rings is 3. The maximum atomic E-state index is 14.3. The molecule has 0 aromatic heterocycles. The summed E-state index contributed by atoms with van der Waals surface area (Å²) in [5, 5.41) is 10.6. The van der Waals surface area contributed by atoms with Gasteiger partial charge in [0.05, 0.1) is 6.10 Å². The molecule has 4 heteroatoms. The molecule has 1 saturated heterocycles. The lowest BCUT2D eigenvalue weighted by atomic mass is 9.84. The van der Waals surface area contributed by atoms with Crippen LogP contribution >= 0.6 is 0 Å². The van der Waals surface area contributed by atoms with Gasteiger partial charge in [-0.05, 0) is 83.4 Å². The summed E-state index contributed by atoms with van der Waals surface area (Å²) in [6.45, 7) is 6.03. The van der Waals surface area contributed by atoms with Gasteiger partial charge in [-0.1, -0.05) is 60.7 Å². The highest BCUT2D eigenvalue weighted by molar-refractivity contribution is 5.46. The second kappa shape index (κ2) is 10.5. The van der Waals surface area contributed by atoms with E-state index in [2.05, 4.69) is 46.2 Å². The largest absolute Gasteiger partial charge is 0.391 e. The van der Waals surface area contributed by atoms with Gasteiger partial charge in [-0.25, -0.2) is 4.39 Å². The smallest absolute Gasteiger partial charge is 0.123 e. The van der Waals surface area contributed by atoms with Gasteiger partial charge in [0, 0.05) is 39.3 Å². The molecule has 2 fully saturated rings. The Morgan fingerprint density at radius 2 is 1.44 bits per heavy atom. The molecule has 3 nitrogen and oxygen atoms in total. The molecular weight excluding hydrogens is 447 g/mol. The average Bonchev–Trinajstić information content (AvgIpc) is 3.25. The van der Waals surface area contributed by atoms with Gasteiger partial charge in [0.15, 0.2) is 0 Å². The first kappa shape index (κ1) is 23.8. The molecule has 4 unspecified atom stereocenters. The fourth-order valence-electron chi connectivity index (χ4n) is 7.08. The predicted molar refractivity (Wildman–Crippen MR) is 143 cm³/mol. The van der Waals surface area contributed by atoms with Crippen molar-refractivity contribution in [1.29, 1.82) is 0 Å². The van der Waals surface area contributed by atoms with Crippen molar-refractivity contribution < 1.29 is 9.50 Å². The fourth-order valence-corrected chi connectivity index (χ4v) is 7.08. The normalized spacial score (nSPS) is 25.0. The standard InChI is InChI=1S/C32H37FN2O/c33-27-11-10-26-19-25-8-4-5-9-29(25)31-17-24(18-32(31)30(26)20-27)21-34-12-14-35(15-13-34)22-28(36)16-23-6-2-1-3-7-23/h1-11,20,24,28,31-32,36H,12-19,21-22H2. The van der Waals surface area contributed by atoms with E-state index < -0.39 is 0 Å². The van der Waals surface area contributed by atoms with E-state index in [1.54, 1.807) is 6.07 Å². The van der Waals surface area contributed by atoms with E-state index in [0.29, 0.717) is 17.8 Å². The third kappa shape index (κ3) is 5.13. The van der Waals surface area contributed by atoms with Crippen molar-refractivity contribution in [3.63, 3.8) is 0 Å². The Balaban J connectivity index is 1.07. The topological polar surface area (TPSA) is 26.7 Å². The first-order chi connectivity index (χ1) is 17.6. The Bertz CT molecular complexity index is 1170. The van der Waals surface area contributed by atoms with Gasteiger partial charge in [-0.15, -0.1) is 0 Å². The summed E-state index contributed by atoms with van der Waals surface area (Å²) in [6.07, 6.45) is 3.65. The van der Waals surface area contributed by atoms with Crippen molar-refractivity contribution in [1.82, 2.24) is 9.80 Å². The third-order valence-electron chi connectivity index (χ3n) is 8.77. The van der Waals surface area contributed by atoms with E-state index in [1.807, 2.05) is 30.3 Å². The van der Waals surface area contributed by atoms with Crippen LogP contribution in [0.4, 0.5) is 4.39 Å². The van der Waals surface area contributed by atoms with Crippen LogP contribution in [-0.2, 0) is 12.8 Å². The molecule has 3 aromatic rings. The lowest BCUT2D eigenvalue weighted by Crippen LogP contribution is -2.49. The van der Waals surface area contributed by atoms with Crippen LogP contribution in [0.3, 0.4) is 0 Å². The maximum absolute atomic E-state index is 14.3. The van der Waals surface area contributed by atoms with Crippen LogP contribution in [0.1, 0.15) is 52.5 Å². The van der Waals surface area contributed by atoms with Crippen molar-refractivity contribution in [2.45, 2.75) is 43.6 Å². The summed E-state index contributed by atoms with van der Waals surface area (Å²) in [4.78, 5) is 5.03. The Morgan fingerprint density at radius 3 is 2.25 bits per heavy atom. The molecule has 1 saturated carbocycles. The minimum Gasteiger partial charge on any atom is -0.391 e. The molecule has 0 spiro atoms. The maximum Gasteiger partial charge on any atom is 0.123 e. The van der Waals surface area contributed by atoms with Gasteiger partial charge in [0.1, 0.15) is 5.82 Å². The number of rotatable bonds is 6. The van der Waals surface area contributed by atoms with E-state index in [1.165, 1.54) is 34.2 Å². The zero-order valence-electron chi connectivity index (χ0n) is 21.0. The van der Waals surface area contributed by atoms with Crippen molar-refractivity contribution >= 4 is 0 Å². The van der Waals surface area contributed by atoms with Gasteiger partial charge < -0.3 is 10.0 Å². The lowest BCUT2D eigenvalue weighted by molar-refractivity contribution is 0.0675. The minimum atomic E-state index is -0.318. The highest BCUT2D eigenvalue weighted by Gasteiger charge is 2.40. The van der Waals surface area contributed by atoms with E-state index in [9.17, 15) is 9.50 Å². The number of fused-ring (bicyclic) bond motifs is 5. The molecule has 36 heavy (non-hydrogen) atoms. The number of nitrogens with zero attached hydrogens (tertiary/aromatic N) is 2. The molecule has 188 valence electrons. The Kier molecular flexibility index (Phi) is 6.92. The van der Waals surface area contributed by atoms with E-state index in [-0.39, 0.29) is 11.9 Å². The van der Waals surface area contributed by atoms with Crippen LogP contribution in [0.2, 0.25) is 0 Å². The van der Waals surface area contributed by atoms with E-state index in [0.717, 1.165) is 58.5 Å². The van der Waals surface area contributed by atoms with Gasteiger partial charge in [0.2, 0.25) is 0 Å². The summed E-state index contributed by atoms with van der Waals surface area (Å²) in [5.41, 5.74) is 6.65. The van der Waals surface area contributed by atoms with Crippen LogP contribution in [0, 0.1) is 11.7 Å². The molecule has 1 aliphatic heterocycles. The monoisotopic (exact) mass is 484 g/mol. The van der Waals surface area contributed by atoms with Crippen LogP contribution in [0.15, 0.2) is 72.8 Å². The highest BCUT2D eigenvalue weighted by Crippen LogP contribution is 2.52. The van der Waals surface area contributed by atoms with E-state index >= 15 is 0 Å². The number of β-amino-alcohol motifs (C(OH)–C–C–N with tert-alkyl or cyclic N) is 1. The summed E-state index contributed by atoms with van der Waals surface area (Å²) in [5.74, 6) is 1.44. The number of halogens is 1. The highest BCUT2D eigenvalue weighted by atomic mass is 19.1. The summed E-state index contributed by atoms with van der Waals surface area (Å²) < 4.78 is 14.3. The van der Waals surface area contributed by atoms with Gasteiger partial charge in [0.25, 0.3) is 0 Å². The quantitative estimate of drug-likeness (QED) is 0.519. The van der Waals surface area contributed by atoms with Crippen molar-refractivity contribution in [2.24, 2.45) is 5.92 Å². The molecule has 1 N–H and O–H groups in total. The number of aliphatic hydroxyl groups excluding tert-OH is 1. The molecule has 2 aliphatic carbocycles. The lowest BCUT2D eigenvalue weighted by Gasteiger charge is -2.36. The molecule has 6 rings (SSSR count). The van der Waals surface area contributed by atoms with Crippen LogP contribution in [0.25, 0.3) is 0 Å². The second-order valence-electron chi connectivity index (χ2n) is 11.2. The van der Waals surface area contributed by atoms with Crippen LogP contribution in [-0.4, -0.2) is 60.3 Å². The minimum absolute atomic E-state index is 0.104. The SMILES string of the molecule is OC(Cc1ccccc1)CN1CCN(CC2CC3c4ccccc4Cc4ccc(F)cc4C3C2)CC1. The number of aliphatic hydroxyl groups is 1. The van der Waals surface area contributed by atoms with Crippen LogP contribution in [0.5, 0.6) is 0 Å². The summed E-state index contributed by atoms with van der Waals surface area (Å²) >= 11 is 0. The fraction of sp³-hybridized carbons (Fsp3) is 0.438. The second-order valence-corrected chi connectivity index (χ2v) is 11.2. The molecule has 0 bridgehead atoms. The number of piperazine rings is 1. The first-order valence-electron chi connectivity index (χ1n) is 13.6. The molecule has 0 amide bonds. The van der Waals surface area contributed by atoms with E-state index in [4.69, 9.17) is 0 Å². The molecular formula is C32H37FN2O. The Hall–Kier alpha value is -2.53. The predicted octanol–water partition coefficient (Wildman–Crippen LogP) is 5.23. The zero-order chi connectivity index (χ0) is 24.5. The Morgan fingerprint density at radius 1 is 0.778 bits per heavy atom. The Labute approximate surface area is 214 Å². The van der Waals surface area contributed by atoms with Crippen molar-refractivity contribution in [3.8, 4) is 0 Å². The van der Waals surface area contributed by atoms with Gasteiger partial charge >= 0.3 is 0 Å². The van der Waals surface area contributed by atoms with Gasteiger partial charge in [-0.2, -0.15) is 0 Å². The summed E-state index contributed by atoms with van der Waals surface area (Å²) in [7, 11) is 0. The first-order valence-corrected chi connectivity index (χ1v) is 13.6. The molecule has 3 aromatic carbocycles. The number of hydrogen-bond donors (Lipinski definition) is 1. The van der Waals surface area contributed by atoms with Crippen molar-refractivity contribution in [2.75, 3.05) is 39.3 Å². The molecule has 4 atom stereocenters. The zero-order valence-corrected chi connectivity index (χ0v) is 21.0. The van der Waals surface area contributed by atoms with Gasteiger partial charge in [-0.3, -0.25) is 4.90 Å². The van der Waals surface area contributed by atoms with Crippen molar-refractivity contribution in [3.05, 3.63) is 106 Å². The molecule has 0 radical (unpaired) electrons. The average molecular weight is 485 g/mol. The molecule has 3 aliphatic rings. The number of hydrogen-bond acceptors (Lipinski definition) is 3. The third-order valence-corrected chi connectivity index (χ3v) is 8.77. The summed E-state index contributed by atoms with van der Waals surface area (Å²) in [6, 6.07) is 24.6. The molecule has 1 heterocycles. The van der Waals surface area contributed by atoms with Crippen LogP contribution < -0.4 is 0 Å².